The molecule has 0 spiro atoms. The lowest BCUT2D eigenvalue weighted by Crippen LogP contribution is -2.35. The summed E-state index contributed by atoms with van der Waals surface area (Å²) >= 11 is 6.03. The molecule has 1 aliphatic heterocycles. The molecule has 1 aliphatic rings. The molecule has 0 aromatic heterocycles. The van der Waals surface area contributed by atoms with E-state index in [1.807, 2.05) is 0 Å². The summed E-state index contributed by atoms with van der Waals surface area (Å²) in [5, 5.41) is 12.7. The van der Waals surface area contributed by atoms with E-state index in [2.05, 4.69) is 5.43 Å². The minimum Gasteiger partial charge on any atom is -0.415 e. The average Bonchev–Trinajstić information content (AvgIpc) is 3.09. The molecule has 9 nitrogen and oxygen atoms in total. The third-order valence-corrected chi connectivity index (χ3v) is 5.05. The SMILES string of the molecule is O=C1NN(c2ccccc2)C(=O)C1=Cc1cccc([N+](=O)[O-])c1OC(=O)c1ccccc1Cl. The second-order valence-electron chi connectivity index (χ2n) is 6.80. The maximum Gasteiger partial charge on any atom is 0.345 e. The van der Waals surface area contributed by atoms with Crippen molar-refractivity contribution >= 4 is 46.8 Å². The number of carbonyl (C=O) groups excluding carboxylic acids is 3. The molecule has 0 saturated carbocycles. The first-order valence-electron chi connectivity index (χ1n) is 9.53. The van der Waals surface area contributed by atoms with Crippen LogP contribution in [0.15, 0.2) is 78.4 Å². The summed E-state index contributed by atoms with van der Waals surface area (Å²) in [5.74, 6) is -2.72. The highest BCUT2D eigenvalue weighted by molar-refractivity contribution is 6.33. The van der Waals surface area contributed by atoms with Crippen molar-refractivity contribution in [3.8, 4) is 5.75 Å². The van der Waals surface area contributed by atoms with Gasteiger partial charge < -0.3 is 4.74 Å². The molecule has 1 N–H and O–H groups in total. The van der Waals surface area contributed by atoms with Crippen LogP contribution in [0.1, 0.15) is 15.9 Å². The Balaban J connectivity index is 1.75. The number of nitrogens with one attached hydrogen (secondary N) is 1. The van der Waals surface area contributed by atoms with E-state index in [9.17, 15) is 24.5 Å². The first kappa shape index (κ1) is 21.7. The fourth-order valence-corrected chi connectivity index (χ4v) is 3.37. The molecule has 4 rings (SSSR count). The molecule has 1 saturated heterocycles. The van der Waals surface area contributed by atoms with E-state index >= 15 is 0 Å². The number of nitro benzene ring substituents is 1. The molecule has 3 aromatic rings. The highest BCUT2D eigenvalue weighted by atomic mass is 35.5. The van der Waals surface area contributed by atoms with Crippen LogP contribution in [0.4, 0.5) is 11.4 Å². The number of benzene rings is 3. The molecule has 164 valence electrons. The average molecular weight is 464 g/mol. The number of halogens is 1. The molecular weight excluding hydrogens is 450 g/mol. The Hall–Kier alpha value is -4.50. The van der Waals surface area contributed by atoms with Gasteiger partial charge in [-0.25, -0.2) is 9.80 Å². The molecule has 2 amide bonds. The van der Waals surface area contributed by atoms with Gasteiger partial charge in [-0.05, 0) is 30.3 Å². The summed E-state index contributed by atoms with van der Waals surface area (Å²) in [6.45, 7) is 0. The minimum absolute atomic E-state index is 0.000796. The Bertz CT molecular complexity index is 1320. The van der Waals surface area contributed by atoms with Crippen LogP contribution in [0.25, 0.3) is 6.08 Å². The number of para-hydroxylation sites is 2. The number of hydrogen-bond donors (Lipinski definition) is 1. The highest BCUT2D eigenvalue weighted by Crippen LogP contribution is 2.34. The topological polar surface area (TPSA) is 119 Å². The standard InChI is InChI=1S/C23H14ClN3O6/c24-18-11-5-4-10-16(18)23(30)33-20-14(7-6-12-19(20)27(31)32)13-17-21(28)25-26(22(17)29)15-8-2-1-3-9-15/h1-13H,(H,25,28). The molecule has 0 unspecified atom stereocenters. The van der Waals surface area contributed by atoms with Crippen molar-refractivity contribution in [3.63, 3.8) is 0 Å². The first-order chi connectivity index (χ1) is 15.9. The molecule has 0 aliphatic carbocycles. The van der Waals surface area contributed by atoms with Crippen LogP contribution in [0.2, 0.25) is 5.02 Å². The van der Waals surface area contributed by atoms with Crippen molar-refractivity contribution in [2.45, 2.75) is 0 Å². The third-order valence-electron chi connectivity index (χ3n) is 4.72. The highest BCUT2D eigenvalue weighted by Gasteiger charge is 2.35. The Morgan fingerprint density at radius 2 is 1.70 bits per heavy atom. The molecule has 0 bridgehead atoms. The van der Waals surface area contributed by atoms with Crippen LogP contribution in [-0.4, -0.2) is 22.7 Å². The van der Waals surface area contributed by atoms with Gasteiger partial charge in [0.15, 0.2) is 0 Å². The number of esters is 1. The lowest BCUT2D eigenvalue weighted by Gasteiger charge is -2.14. The van der Waals surface area contributed by atoms with Gasteiger partial charge in [-0.2, -0.15) is 0 Å². The zero-order valence-electron chi connectivity index (χ0n) is 16.7. The largest absolute Gasteiger partial charge is 0.415 e. The second kappa shape index (κ2) is 8.93. The molecule has 1 fully saturated rings. The molecule has 1 heterocycles. The van der Waals surface area contributed by atoms with Gasteiger partial charge in [0, 0.05) is 11.6 Å². The van der Waals surface area contributed by atoms with E-state index in [4.69, 9.17) is 16.3 Å². The van der Waals surface area contributed by atoms with Crippen LogP contribution < -0.4 is 15.2 Å². The van der Waals surface area contributed by atoms with Crippen molar-refractivity contribution in [1.29, 1.82) is 0 Å². The van der Waals surface area contributed by atoms with Crippen LogP contribution >= 0.6 is 11.6 Å². The van der Waals surface area contributed by atoms with Crippen molar-refractivity contribution in [1.82, 2.24) is 5.43 Å². The van der Waals surface area contributed by atoms with E-state index in [1.54, 1.807) is 42.5 Å². The van der Waals surface area contributed by atoms with Gasteiger partial charge in [0.1, 0.15) is 5.57 Å². The molecule has 0 radical (unpaired) electrons. The zero-order chi connectivity index (χ0) is 23.5. The van der Waals surface area contributed by atoms with Crippen molar-refractivity contribution < 1.29 is 24.0 Å². The van der Waals surface area contributed by atoms with Crippen molar-refractivity contribution in [3.05, 3.63) is 105 Å². The van der Waals surface area contributed by atoms with E-state index in [-0.39, 0.29) is 21.7 Å². The van der Waals surface area contributed by atoms with E-state index in [1.165, 1.54) is 24.3 Å². The summed E-state index contributed by atoms with van der Waals surface area (Å²) in [4.78, 5) is 48.8. The zero-order valence-corrected chi connectivity index (χ0v) is 17.5. The second-order valence-corrected chi connectivity index (χ2v) is 7.20. The predicted molar refractivity (Wildman–Crippen MR) is 120 cm³/mol. The fourth-order valence-electron chi connectivity index (χ4n) is 3.16. The van der Waals surface area contributed by atoms with Crippen molar-refractivity contribution in [2.75, 3.05) is 5.01 Å². The maximum atomic E-state index is 12.9. The van der Waals surface area contributed by atoms with Crippen LogP contribution in [0.3, 0.4) is 0 Å². The Morgan fingerprint density at radius 3 is 2.39 bits per heavy atom. The van der Waals surface area contributed by atoms with Gasteiger partial charge >= 0.3 is 11.7 Å². The first-order valence-corrected chi connectivity index (χ1v) is 9.91. The number of anilines is 1. The van der Waals surface area contributed by atoms with Crippen LogP contribution in [-0.2, 0) is 9.59 Å². The van der Waals surface area contributed by atoms with Crippen molar-refractivity contribution in [2.24, 2.45) is 0 Å². The number of hydrogen-bond acceptors (Lipinski definition) is 6. The van der Waals surface area contributed by atoms with E-state index in [0.717, 1.165) is 17.2 Å². The van der Waals surface area contributed by atoms with Gasteiger partial charge in [-0.15, -0.1) is 0 Å². The number of carbonyl (C=O) groups is 3. The van der Waals surface area contributed by atoms with Gasteiger partial charge in [0.25, 0.3) is 11.8 Å². The summed E-state index contributed by atoms with van der Waals surface area (Å²) in [7, 11) is 0. The Labute approximate surface area is 192 Å². The lowest BCUT2D eigenvalue weighted by molar-refractivity contribution is -0.385. The number of ether oxygens (including phenoxy) is 1. The molecular formula is C23H14ClN3O6. The minimum atomic E-state index is -0.928. The van der Waals surface area contributed by atoms with Gasteiger partial charge in [0.05, 0.1) is 21.2 Å². The van der Waals surface area contributed by atoms with Crippen LogP contribution in [0.5, 0.6) is 5.75 Å². The summed E-state index contributed by atoms with van der Waals surface area (Å²) in [6.07, 6.45) is 1.14. The Morgan fingerprint density at radius 1 is 1.00 bits per heavy atom. The quantitative estimate of drug-likeness (QED) is 0.153. The maximum absolute atomic E-state index is 12.9. The number of nitrogens with zero attached hydrogens (tertiary/aromatic N) is 2. The summed E-state index contributed by atoms with van der Waals surface area (Å²) in [5.41, 5.74) is 2.07. The van der Waals surface area contributed by atoms with E-state index < -0.39 is 34.1 Å². The monoisotopic (exact) mass is 463 g/mol. The summed E-state index contributed by atoms with van der Waals surface area (Å²) in [6, 6.07) is 18.3. The third kappa shape index (κ3) is 4.30. The van der Waals surface area contributed by atoms with Crippen LogP contribution in [0, 0.1) is 10.1 Å². The molecule has 33 heavy (non-hydrogen) atoms. The number of amides is 2. The normalized spacial score (nSPS) is 14.3. The lowest BCUT2D eigenvalue weighted by atomic mass is 10.1. The number of rotatable bonds is 5. The molecule has 3 aromatic carbocycles. The van der Waals surface area contributed by atoms with Gasteiger partial charge in [-0.1, -0.05) is 54.1 Å². The molecule has 0 atom stereocenters. The van der Waals surface area contributed by atoms with Gasteiger partial charge in [0.2, 0.25) is 5.75 Å². The fraction of sp³-hybridized carbons (Fsp3) is 0. The number of nitro groups is 1. The van der Waals surface area contributed by atoms with Gasteiger partial charge in [-0.3, -0.25) is 25.1 Å². The predicted octanol–water partition coefficient (Wildman–Crippen LogP) is 3.93. The summed E-state index contributed by atoms with van der Waals surface area (Å²) < 4.78 is 5.33. The van der Waals surface area contributed by atoms with E-state index in [0.29, 0.717) is 5.69 Å². The number of hydrazine groups is 1. The Kier molecular flexibility index (Phi) is 5.88. The smallest absolute Gasteiger partial charge is 0.345 e. The molecule has 10 heteroatoms.